The summed E-state index contributed by atoms with van der Waals surface area (Å²) in [4.78, 5) is 34.8. The van der Waals surface area contributed by atoms with Gasteiger partial charge in [0.25, 0.3) is 0 Å². The number of nitrogens with one attached hydrogen (secondary N) is 1. The van der Waals surface area contributed by atoms with Gasteiger partial charge in [0.1, 0.15) is 0 Å². The Labute approximate surface area is 193 Å². The zero-order valence-electron chi connectivity index (χ0n) is 18.8. The summed E-state index contributed by atoms with van der Waals surface area (Å²) >= 11 is 1.50. The first-order valence-corrected chi connectivity index (χ1v) is 12.0. The molecule has 0 spiro atoms. The van der Waals surface area contributed by atoms with Crippen molar-refractivity contribution < 1.29 is 14.3 Å². The van der Waals surface area contributed by atoms with Crippen LogP contribution in [-0.2, 0) is 14.3 Å². The summed E-state index contributed by atoms with van der Waals surface area (Å²) in [5, 5.41) is 5.97. The SMILES string of the molecule is CCC1=C(C(=O)OC)C(c2ccccc2)N2C(CC(=O)NC3CCN(C)CC3)=CSC2=N1. The number of amidine groups is 1. The molecule has 3 aliphatic rings. The predicted octanol–water partition coefficient (Wildman–Crippen LogP) is 3.43. The van der Waals surface area contributed by atoms with Crippen LogP contribution >= 0.6 is 11.8 Å². The third-order valence-electron chi connectivity index (χ3n) is 6.17. The van der Waals surface area contributed by atoms with Crippen molar-refractivity contribution in [2.24, 2.45) is 4.99 Å². The Morgan fingerprint density at radius 1 is 1.22 bits per heavy atom. The number of allylic oxidation sites excluding steroid dienone is 1. The monoisotopic (exact) mass is 454 g/mol. The number of esters is 1. The standard InChI is InChI=1S/C24H30N4O3S/c1-4-19-21(23(30)31-3)22(16-8-6-5-7-9-16)28-18(15-32-24(28)26-19)14-20(29)25-17-10-12-27(2)13-11-17/h5-9,15,17,22H,4,10-14H2,1-3H3,(H,25,29). The summed E-state index contributed by atoms with van der Waals surface area (Å²) in [6.45, 7) is 3.98. The fourth-order valence-electron chi connectivity index (χ4n) is 4.46. The van der Waals surface area contributed by atoms with Crippen molar-refractivity contribution in [3.8, 4) is 0 Å². The number of hydrogen-bond acceptors (Lipinski definition) is 7. The molecule has 1 unspecified atom stereocenters. The molecule has 1 aromatic carbocycles. The third kappa shape index (κ3) is 4.61. The minimum atomic E-state index is -0.384. The highest BCUT2D eigenvalue weighted by molar-refractivity contribution is 8.16. The topological polar surface area (TPSA) is 74.2 Å². The molecule has 0 aromatic heterocycles. The van der Waals surface area contributed by atoms with Crippen LogP contribution in [0.3, 0.4) is 0 Å². The zero-order chi connectivity index (χ0) is 22.7. The van der Waals surface area contributed by atoms with E-state index in [1.165, 1.54) is 18.9 Å². The number of rotatable bonds is 6. The van der Waals surface area contributed by atoms with E-state index in [1.807, 2.05) is 47.6 Å². The van der Waals surface area contributed by atoms with Gasteiger partial charge in [0.05, 0.1) is 30.8 Å². The van der Waals surface area contributed by atoms with Crippen LogP contribution < -0.4 is 5.32 Å². The molecule has 170 valence electrons. The molecular formula is C24H30N4O3S. The lowest BCUT2D eigenvalue weighted by atomic mass is 9.93. The second kappa shape index (κ2) is 9.92. The quantitative estimate of drug-likeness (QED) is 0.664. The van der Waals surface area contributed by atoms with Gasteiger partial charge in [0, 0.05) is 11.7 Å². The molecule has 3 aliphatic heterocycles. The molecule has 1 amide bonds. The van der Waals surface area contributed by atoms with Crippen molar-refractivity contribution >= 4 is 28.8 Å². The van der Waals surface area contributed by atoms with Crippen molar-refractivity contribution in [2.75, 3.05) is 27.2 Å². The summed E-state index contributed by atoms with van der Waals surface area (Å²) in [5.74, 6) is -0.380. The number of hydrogen-bond donors (Lipinski definition) is 1. The number of piperidine rings is 1. The van der Waals surface area contributed by atoms with E-state index in [1.54, 1.807) is 0 Å². The van der Waals surface area contributed by atoms with Gasteiger partial charge in [0.2, 0.25) is 5.91 Å². The van der Waals surface area contributed by atoms with E-state index in [0.717, 1.165) is 48.1 Å². The van der Waals surface area contributed by atoms with E-state index in [0.29, 0.717) is 12.0 Å². The fraction of sp³-hybridized carbons (Fsp3) is 0.458. The number of ether oxygens (including phenoxy) is 1. The van der Waals surface area contributed by atoms with Crippen molar-refractivity contribution in [3.63, 3.8) is 0 Å². The van der Waals surface area contributed by atoms with Crippen molar-refractivity contribution in [3.05, 3.63) is 58.3 Å². The average Bonchev–Trinajstić information content (AvgIpc) is 3.21. The molecule has 0 aliphatic carbocycles. The number of thioether (sulfide) groups is 1. The number of benzene rings is 1. The van der Waals surface area contributed by atoms with Crippen LogP contribution in [0.25, 0.3) is 0 Å². The van der Waals surface area contributed by atoms with Crippen molar-refractivity contribution in [1.29, 1.82) is 0 Å². The number of amides is 1. The Bertz CT molecular complexity index is 965. The van der Waals surface area contributed by atoms with Gasteiger partial charge in [-0.1, -0.05) is 49.0 Å². The molecule has 0 saturated carbocycles. The first-order valence-electron chi connectivity index (χ1n) is 11.1. The van der Waals surface area contributed by atoms with E-state index in [2.05, 4.69) is 17.3 Å². The Hall–Kier alpha value is -2.58. The Morgan fingerprint density at radius 2 is 1.94 bits per heavy atom. The molecule has 1 fully saturated rings. The van der Waals surface area contributed by atoms with Crippen LogP contribution in [0, 0.1) is 0 Å². The summed E-state index contributed by atoms with van der Waals surface area (Å²) < 4.78 is 5.15. The molecule has 32 heavy (non-hydrogen) atoms. The lowest BCUT2D eigenvalue weighted by molar-refractivity contribution is -0.136. The molecule has 1 aromatic rings. The molecule has 3 heterocycles. The lowest BCUT2D eigenvalue weighted by Gasteiger charge is -2.36. The maximum Gasteiger partial charge on any atom is 0.338 e. The maximum atomic E-state index is 12.9. The fourth-order valence-corrected chi connectivity index (χ4v) is 5.40. The first kappa shape index (κ1) is 22.6. The number of carbonyl (C=O) groups is 2. The second-order valence-electron chi connectivity index (χ2n) is 8.33. The maximum absolute atomic E-state index is 12.9. The molecule has 0 radical (unpaired) electrons. The molecule has 1 N–H and O–H groups in total. The van der Waals surface area contributed by atoms with Crippen LogP contribution in [-0.4, -0.2) is 60.1 Å². The highest BCUT2D eigenvalue weighted by Gasteiger charge is 2.41. The zero-order valence-corrected chi connectivity index (χ0v) is 19.7. The van der Waals surface area contributed by atoms with Crippen LogP contribution in [0.2, 0.25) is 0 Å². The van der Waals surface area contributed by atoms with Gasteiger partial charge < -0.3 is 19.9 Å². The van der Waals surface area contributed by atoms with Gasteiger partial charge >= 0.3 is 5.97 Å². The van der Waals surface area contributed by atoms with Gasteiger partial charge in [-0.2, -0.15) is 0 Å². The summed E-state index contributed by atoms with van der Waals surface area (Å²) in [6, 6.07) is 9.72. The van der Waals surface area contributed by atoms with Gasteiger partial charge in [-0.25, -0.2) is 9.79 Å². The largest absolute Gasteiger partial charge is 0.466 e. The number of nitrogens with zero attached hydrogens (tertiary/aromatic N) is 3. The number of carbonyl (C=O) groups excluding carboxylic acids is 2. The Balaban J connectivity index is 1.60. The van der Waals surface area contributed by atoms with Crippen LogP contribution in [0.5, 0.6) is 0 Å². The normalized spacial score (nSPS) is 21.7. The van der Waals surface area contributed by atoms with E-state index in [-0.39, 0.29) is 30.4 Å². The number of likely N-dealkylation sites (tertiary alicyclic amines) is 1. The molecule has 8 heteroatoms. The molecule has 1 atom stereocenters. The lowest BCUT2D eigenvalue weighted by Crippen LogP contribution is -2.44. The molecular weight excluding hydrogens is 424 g/mol. The van der Waals surface area contributed by atoms with Gasteiger partial charge in [-0.05, 0) is 50.4 Å². The average molecular weight is 455 g/mol. The minimum Gasteiger partial charge on any atom is -0.466 e. The second-order valence-corrected chi connectivity index (χ2v) is 9.17. The van der Waals surface area contributed by atoms with Gasteiger partial charge in [-0.15, -0.1) is 0 Å². The predicted molar refractivity (Wildman–Crippen MR) is 127 cm³/mol. The van der Waals surface area contributed by atoms with Crippen molar-refractivity contribution in [2.45, 2.75) is 44.7 Å². The number of methoxy groups -OCH3 is 1. The summed E-state index contributed by atoms with van der Waals surface area (Å²) in [6.07, 6.45) is 2.80. The highest BCUT2D eigenvalue weighted by atomic mass is 32.2. The Kier molecular flexibility index (Phi) is 7.01. The van der Waals surface area contributed by atoms with Crippen molar-refractivity contribution in [1.82, 2.24) is 15.1 Å². The van der Waals surface area contributed by atoms with E-state index < -0.39 is 0 Å². The smallest absolute Gasteiger partial charge is 0.338 e. The van der Waals surface area contributed by atoms with E-state index in [9.17, 15) is 9.59 Å². The van der Waals surface area contributed by atoms with Crippen LogP contribution in [0.4, 0.5) is 0 Å². The summed E-state index contributed by atoms with van der Waals surface area (Å²) in [7, 11) is 3.50. The Morgan fingerprint density at radius 3 is 2.59 bits per heavy atom. The van der Waals surface area contributed by atoms with Crippen LogP contribution in [0.1, 0.15) is 44.2 Å². The molecule has 0 bridgehead atoms. The highest BCUT2D eigenvalue weighted by Crippen LogP contribution is 2.45. The summed E-state index contributed by atoms with van der Waals surface area (Å²) in [5.41, 5.74) is 3.09. The molecule has 7 nitrogen and oxygen atoms in total. The third-order valence-corrected chi connectivity index (χ3v) is 7.06. The minimum absolute atomic E-state index is 0.00403. The molecule has 1 saturated heterocycles. The first-order chi connectivity index (χ1) is 15.5. The van der Waals surface area contributed by atoms with Crippen LogP contribution in [0.15, 0.2) is 57.7 Å². The number of fused-ring (bicyclic) bond motifs is 1. The molecule has 4 rings (SSSR count). The van der Waals surface area contributed by atoms with E-state index in [4.69, 9.17) is 9.73 Å². The van der Waals surface area contributed by atoms with E-state index >= 15 is 0 Å². The number of aliphatic imine (C=N–C) groups is 1. The van der Waals surface area contributed by atoms with Gasteiger partial charge in [-0.3, -0.25) is 4.79 Å². The van der Waals surface area contributed by atoms with Gasteiger partial charge in [0.15, 0.2) is 5.17 Å².